The molecule has 2 heterocycles. The van der Waals surface area contributed by atoms with E-state index < -0.39 is 11.6 Å². The second-order valence-electron chi connectivity index (χ2n) is 7.23. The monoisotopic (exact) mass is 413 g/mol. The zero-order chi connectivity index (χ0) is 20.2. The number of amides is 1. The van der Waals surface area contributed by atoms with Crippen LogP contribution in [0, 0.1) is 17.6 Å². The number of aromatic nitrogens is 1. The summed E-state index contributed by atoms with van der Waals surface area (Å²) in [5.74, 6) is -1.87. The van der Waals surface area contributed by atoms with Crippen molar-refractivity contribution < 1.29 is 13.6 Å². The molecule has 2 aromatic carbocycles. The van der Waals surface area contributed by atoms with Gasteiger partial charge in [-0.2, -0.15) is 0 Å². The van der Waals surface area contributed by atoms with Crippen LogP contribution in [0.2, 0.25) is 0 Å². The first-order valence-corrected chi connectivity index (χ1v) is 10.5. The van der Waals surface area contributed by atoms with E-state index in [1.165, 1.54) is 6.07 Å². The smallest absolute Gasteiger partial charge is 0.228 e. The molecule has 1 atom stereocenters. The third-order valence-corrected chi connectivity index (χ3v) is 5.77. The van der Waals surface area contributed by atoms with E-state index in [0.29, 0.717) is 18.7 Å². The van der Waals surface area contributed by atoms with E-state index in [1.807, 2.05) is 34.5 Å². The van der Waals surface area contributed by atoms with Crippen molar-refractivity contribution in [1.29, 1.82) is 0 Å². The SMILES string of the molecule is O=C(Nc1ccc(-c2cscn2)cc1)C1CCCN(Cc2cccc(F)c2F)C1. The van der Waals surface area contributed by atoms with Crippen molar-refractivity contribution in [3.63, 3.8) is 0 Å². The molecule has 4 rings (SSSR count). The summed E-state index contributed by atoms with van der Waals surface area (Å²) < 4.78 is 27.4. The lowest BCUT2D eigenvalue weighted by atomic mass is 9.96. The third kappa shape index (κ3) is 4.68. The first kappa shape index (κ1) is 19.7. The predicted molar refractivity (Wildman–Crippen MR) is 111 cm³/mol. The van der Waals surface area contributed by atoms with Crippen LogP contribution >= 0.6 is 11.3 Å². The van der Waals surface area contributed by atoms with Crippen molar-refractivity contribution in [2.75, 3.05) is 18.4 Å². The van der Waals surface area contributed by atoms with Crippen LogP contribution in [0.1, 0.15) is 18.4 Å². The summed E-state index contributed by atoms with van der Waals surface area (Å²) in [4.78, 5) is 19.0. The van der Waals surface area contributed by atoms with Gasteiger partial charge in [0, 0.05) is 35.3 Å². The van der Waals surface area contributed by atoms with Crippen molar-refractivity contribution in [1.82, 2.24) is 9.88 Å². The topological polar surface area (TPSA) is 45.2 Å². The number of nitrogens with one attached hydrogen (secondary N) is 1. The number of benzene rings is 2. The summed E-state index contributed by atoms with van der Waals surface area (Å²) in [6.45, 7) is 1.59. The van der Waals surface area contributed by atoms with E-state index in [9.17, 15) is 13.6 Å². The number of anilines is 1. The third-order valence-electron chi connectivity index (χ3n) is 5.18. The molecule has 0 radical (unpaired) electrons. The van der Waals surface area contributed by atoms with Gasteiger partial charge in [0.15, 0.2) is 11.6 Å². The minimum atomic E-state index is -0.838. The van der Waals surface area contributed by atoms with Crippen LogP contribution in [0.3, 0.4) is 0 Å². The lowest BCUT2D eigenvalue weighted by Gasteiger charge is -2.32. The highest BCUT2D eigenvalue weighted by Crippen LogP contribution is 2.24. The standard InChI is InChI=1S/C22H21F2N3OS/c23-19-5-1-3-16(21(19)24)11-27-10-2-4-17(12-27)22(28)26-18-8-6-15(7-9-18)20-13-29-14-25-20/h1,3,5-9,13-14,17H,2,4,10-12H2,(H,26,28). The Morgan fingerprint density at radius 3 is 2.79 bits per heavy atom. The average Bonchev–Trinajstić information content (AvgIpc) is 3.27. The molecule has 0 bridgehead atoms. The van der Waals surface area contributed by atoms with E-state index in [0.717, 1.165) is 42.4 Å². The normalized spacial score (nSPS) is 17.2. The van der Waals surface area contributed by atoms with E-state index >= 15 is 0 Å². The van der Waals surface area contributed by atoms with Crippen molar-refractivity contribution in [2.45, 2.75) is 19.4 Å². The van der Waals surface area contributed by atoms with Crippen molar-refractivity contribution >= 4 is 22.9 Å². The number of thiazole rings is 1. The minimum Gasteiger partial charge on any atom is -0.326 e. The Morgan fingerprint density at radius 1 is 1.21 bits per heavy atom. The molecule has 1 amide bonds. The van der Waals surface area contributed by atoms with Gasteiger partial charge in [-0.3, -0.25) is 9.69 Å². The maximum absolute atomic E-state index is 13.9. The van der Waals surface area contributed by atoms with Crippen LogP contribution in [-0.4, -0.2) is 28.9 Å². The molecule has 4 nitrogen and oxygen atoms in total. The number of likely N-dealkylation sites (tertiary alicyclic amines) is 1. The Bertz CT molecular complexity index is 976. The number of hydrogen-bond donors (Lipinski definition) is 1. The van der Waals surface area contributed by atoms with Crippen LogP contribution in [0.15, 0.2) is 53.4 Å². The number of halogens is 2. The van der Waals surface area contributed by atoms with Crippen LogP contribution in [0.4, 0.5) is 14.5 Å². The fourth-order valence-corrected chi connectivity index (χ4v) is 4.21. The summed E-state index contributed by atoms with van der Waals surface area (Å²) >= 11 is 1.54. The number of carbonyl (C=O) groups is 1. The van der Waals surface area contributed by atoms with Gasteiger partial charge < -0.3 is 5.32 Å². The first-order valence-electron chi connectivity index (χ1n) is 9.55. The minimum absolute atomic E-state index is 0.0455. The highest BCUT2D eigenvalue weighted by Gasteiger charge is 2.26. The molecule has 29 heavy (non-hydrogen) atoms. The van der Waals surface area contributed by atoms with Gasteiger partial charge in [-0.05, 0) is 37.6 Å². The van der Waals surface area contributed by atoms with E-state index in [2.05, 4.69) is 10.3 Å². The largest absolute Gasteiger partial charge is 0.326 e. The Hall–Kier alpha value is -2.64. The predicted octanol–water partition coefficient (Wildman–Crippen LogP) is 4.94. The number of nitrogens with zero attached hydrogens (tertiary/aromatic N) is 2. The van der Waals surface area contributed by atoms with Gasteiger partial charge in [0.1, 0.15) is 0 Å². The quantitative estimate of drug-likeness (QED) is 0.645. The summed E-state index contributed by atoms with van der Waals surface area (Å²) in [6.07, 6.45) is 1.63. The fraction of sp³-hybridized carbons (Fsp3) is 0.273. The van der Waals surface area contributed by atoms with E-state index in [4.69, 9.17) is 0 Å². The molecule has 1 aromatic heterocycles. The molecule has 1 fully saturated rings. The lowest BCUT2D eigenvalue weighted by molar-refractivity contribution is -0.121. The molecule has 1 N–H and O–H groups in total. The lowest BCUT2D eigenvalue weighted by Crippen LogP contribution is -2.40. The molecule has 0 saturated carbocycles. The molecule has 1 unspecified atom stereocenters. The maximum Gasteiger partial charge on any atom is 0.228 e. The highest BCUT2D eigenvalue weighted by atomic mass is 32.1. The Balaban J connectivity index is 1.36. The molecule has 3 aromatic rings. The molecular weight excluding hydrogens is 392 g/mol. The number of rotatable bonds is 5. The molecule has 0 spiro atoms. The van der Waals surface area contributed by atoms with Gasteiger partial charge >= 0.3 is 0 Å². The summed E-state index contributed by atoms with van der Waals surface area (Å²) in [6, 6.07) is 11.8. The van der Waals surface area contributed by atoms with E-state index in [-0.39, 0.29) is 11.8 Å². The summed E-state index contributed by atoms with van der Waals surface area (Å²) in [7, 11) is 0. The highest BCUT2D eigenvalue weighted by molar-refractivity contribution is 7.07. The fourth-order valence-electron chi connectivity index (χ4n) is 3.65. The zero-order valence-corrected chi connectivity index (χ0v) is 16.6. The van der Waals surface area contributed by atoms with Gasteiger partial charge in [0.05, 0.1) is 17.1 Å². The Morgan fingerprint density at radius 2 is 2.03 bits per heavy atom. The van der Waals surface area contributed by atoms with Gasteiger partial charge in [0.25, 0.3) is 0 Å². The van der Waals surface area contributed by atoms with Gasteiger partial charge in [0.2, 0.25) is 5.91 Å². The number of hydrogen-bond acceptors (Lipinski definition) is 4. The molecular formula is C22H21F2N3OS. The number of carbonyl (C=O) groups excluding carboxylic acids is 1. The van der Waals surface area contributed by atoms with Crippen molar-refractivity contribution in [3.05, 3.63) is 70.6 Å². The van der Waals surface area contributed by atoms with E-state index in [1.54, 1.807) is 22.9 Å². The zero-order valence-electron chi connectivity index (χ0n) is 15.8. The molecule has 1 aliphatic heterocycles. The van der Waals surface area contributed by atoms with Gasteiger partial charge in [-0.1, -0.05) is 24.3 Å². The van der Waals surface area contributed by atoms with Crippen molar-refractivity contribution in [3.8, 4) is 11.3 Å². The van der Waals surface area contributed by atoms with Crippen LogP contribution in [-0.2, 0) is 11.3 Å². The average molecular weight is 413 g/mol. The summed E-state index contributed by atoms with van der Waals surface area (Å²) in [5.41, 5.74) is 4.77. The number of piperidine rings is 1. The maximum atomic E-state index is 13.9. The molecule has 150 valence electrons. The molecule has 1 aliphatic rings. The first-order chi connectivity index (χ1) is 14.1. The van der Waals surface area contributed by atoms with Gasteiger partial charge in [-0.15, -0.1) is 11.3 Å². The summed E-state index contributed by atoms with van der Waals surface area (Å²) in [5, 5.41) is 4.95. The molecule has 1 saturated heterocycles. The van der Waals surface area contributed by atoms with Crippen molar-refractivity contribution in [2.24, 2.45) is 5.92 Å². The van der Waals surface area contributed by atoms with Crippen LogP contribution in [0.25, 0.3) is 11.3 Å². The second kappa shape index (κ2) is 8.80. The molecule has 0 aliphatic carbocycles. The molecule has 7 heteroatoms. The Kier molecular flexibility index (Phi) is 5.97. The van der Waals surface area contributed by atoms with Gasteiger partial charge in [-0.25, -0.2) is 13.8 Å². The Labute approximate surface area is 172 Å². The van der Waals surface area contributed by atoms with Crippen LogP contribution < -0.4 is 5.32 Å². The second-order valence-corrected chi connectivity index (χ2v) is 7.95. The van der Waals surface area contributed by atoms with Crippen LogP contribution in [0.5, 0.6) is 0 Å².